The molecule has 0 aromatic carbocycles. The van der Waals surface area contributed by atoms with E-state index in [0.717, 1.165) is 35.7 Å². The van der Waals surface area contributed by atoms with Gasteiger partial charge in [0, 0.05) is 17.0 Å². The molecule has 4 rings (SSSR count). The molecule has 3 aromatic heterocycles. The van der Waals surface area contributed by atoms with Gasteiger partial charge in [0.2, 0.25) is 0 Å². The van der Waals surface area contributed by atoms with Crippen LogP contribution in [-0.4, -0.2) is 15.0 Å². The number of hydrogen-bond acceptors (Lipinski definition) is 4. The van der Waals surface area contributed by atoms with E-state index < -0.39 is 0 Å². The zero-order valence-corrected chi connectivity index (χ0v) is 12.7. The Labute approximate surface area is 127 Å². The van der Waals surface area contributed by atoms with Crippen molar-refractivity contribution in [3.63, 3.8) is 0 Å². The molecule has 0 bridgehead atoms. The van der Waals surface area contributed by atoms with Gasteiger partial charge in [0.1, 0.15) is 5.69 Å². The van der Waals surface area contributed by atoms with Crippen LogP contribution in [-0.2, 0) is 12.8 Å². The minimum atomic E-state index is 0.753. The van der Waals surface area contributed by atoms with Crippen LogP contribution in [0.3, 0.4) is 0 Å². The fraction of sp³-hybridized carbons (Fsp3) is 0.235. The Balaban J connectivity index is 1.92. The van der Waals surface area contributed by atoms with Gasteiger partial charge in [-0.1, -0.05) is 12.1 Å². The molecular formula is C17H15N3S. The normalized spacial score (nSPS) is 13.4. The Morgan fingerprint density at radius 2 is 1.95 bits per heavy atom. The predicted molar refractivity (Wildman–Crippen MR) is 85.3 cm³/mol. The van der Waals surface area contributed by atoms with Gasteiger partial charge in [-0.2, -0.15) is 0 Å². The van der Waals surface area contributed by atoms with E-state index in [0.29, 0.717) is 0 Å². The van der Waals surface area contributed by atoms with E-state index >= 15 is 0 Å². The Morgan fingerprint density at radius 1 is 1.00 bits per heavy atom. The zero-order valence-electron chi connectivity index (χ0n) is 11.8. The van der Waals surface area contributed by atoms with E-state index in [-0.39, 0.29) is 0 Å². The van der Waals surface area contributed by atoms with Crippen LogP contribution in [0.4, 0.5) is 0 Å². The van der Waals surface area contributed by atoms with Gasteiger partial charge in [0.05, 0.1) is 10.6 Å². The highest BCUT2D eigenvalue weighted by atomic mass is 32.1. The summed E-state index contributed by atoms with van der Waals surface area (Å²) in [7, 11) is 0. The largest absolute Gasteiger partial charge is 0.250 e. The first kappa shape index (κ1) is 12.7. The second-order valence-corrected chi connectivity index (χ2v) is 6.26. The fourth-order valence-electron chi connectivity index (χ4n) is 2.83. The highest BCUT2D eigenvalue weighted by Crippen LogP contribution is 2.34. The number of rotatable bonds is 2. The Hall–Kier alpha value is -2.07. The summed E-state index contributed by atoms with van der Waals surface area (Å²) in [6.07, 6.45) is 3.31. The van der Waals surface area contributed by atoms with Crippen molar-refractivity contribution in [2.75, 3.05) is 0 Å². The van der Waals surface area contributed by atoms with Crippen molar-refractivity contribution in [3.8, 4) is 22.1 Å². The summed E-state index contributed by atoms with van der Waals surface area (Å²) in [6, 6.07) is 10.2. The molecule has 3 heterocycles. The molecule has 1 aliphatic rings. The van der Waals surface area contributed by atoms with Gasteiger partial charge in [-0.15, -0.1) is 11.3 Å². The van der Waals surface area contributed by atoms with Gasteiger partial charge in [-0.25, -0.2) is 15.0 Å². The van der Waals surface area contributed by atoms with E-state index in [1.807, 2.05) is 25.1 Å². The molecule has 3 aromatic rings. The zero-order chi connectivity index (χ0) is 14.2. The van der Waals surface area contributed by atoms with Gasteiger partial charge < -0.3 is 0 Å². The van der Waals surface area contributed by atoms with Gasteiger partial charge >= 0.3 is 0 Å². The average Bonchev–Trinajstić information content (AvgIpc) is 3.17. The molecule has 0 saturated carbocycles. The molecule has 0 saturated heterocycles. The number of pyridine rings is 1. The minimum absolute atomic E-state index is 0.753. The Kier molecular flexibility index (Phi) is 3.04. The van der Waals surface area contributed by atoms with Crippen LogP contribution in [0.2, 0.25) is 0 Å². The van der Waals surface area contributed by atoms with Gasteiger partial charge in [-0.3, -0.25) is 0 Å². The molecule has 4 heteroatoms. The first-order chi connectivity index (χ1) is 10.3. The lowest BCUT2D eigenvalue weighted by Gasteiger charge is -2.09. The molecule has 3 nitrogen and oxygen atoms in total. The molecule has 104 valence electrons. The molecule has 0 amide bonds. The average molecular weight is 293 g/mol. The fourth-order valence-corrected chi connectivity index (χ4v) is 3.57. The highest BCUT2D eigenvalue weighted by Gasteiger charge is 2.21. The Morgan fingerprint density at radius 3 is 2.76 bits per heavy atom. The summed E-state index contributed by atoms with van der Waals surface area (Å²) in [4.78, 5) is 15.4. The second kappa shape index (κ2) is 5.04. The quantitative estimate of drug-likeness (QED) is 0.715. The SMILES string of the molecule is Cc1cccc(-c2nc3c(c(-c4cccs4)n2)CCC3)n1. The van der Waals surface area contributed by atoms with Crippen LogP contribution >= 0.6 is 11.3 Å². The lowest BCUT2D eigenvalue weighted by molar-refractivity contribution is 0.899. The summed E-state index contributed by atoms with van der Waals surface area (Å²) in [5.74, 6) is 0.753. The van der Waals surface area contributed by atoms with Crippen molar-refractivity contribution in [1.82, 2.24) is 15.0 Å². The predicted octanol–water partition coefficient (Wildman–Crippen LogP) is 4.06. The van der Waals surface area contributed by atoms with E-state index in [1.54, 1.807) is 11.3 Å². The van der Waals surface area contributed by atoms with Crippen LogP contribution in [0.15, 0.2) is 35.7 Å². The summed E-state index contributed by atoms with van der Waals surface area (Å²) in [5, 5.41) is 2.10. The molecule has 0 unspecified atom stereocenters. The third-order valence-corrected chi connectivity index (χ3v) is 4.68. The van der Waals surface area contributed by atoms with Gasteiger partial charge in [0.15, 0.2) is 5.82 Å². The molecule has 0 fully saturated rings. The van der Waals surface area contributed by atoms with Crippen molar-refractivity contribution >= 4 is 11.3 Å². The van der Waals surface area contributed by atoms with Crippen LogP contribution in [0, 0.1) is 6.92 Å². The molecule has 1 aliphatic carbocycles. The van der Waals surface area contributed by atoms with Crippen molar-refractivity contribution in [2.45, 2.75) is 26.2 Å². The smallest absolute Gasteiger partial charge is 0.179 e. The maximum Gasteiger partial charge on any atom is 0.179 e. The third-order valence-electron chi connectivity index (χ3n) is 3.81. The topological polar surface area (TPSA) is 38.7 Å². The molecule has 0 spiro atoms. The number of fused-ring (bicyclic) bond motifs is 1. The summed E-state index contributed by atoms with van der Waals surface area (Å²) in [5.41, 5.74) is 5.49. The van der Waals surface area contributed by atoms with Crippen LogP contribution in [0.1, 0.15) is 23.4 Å². The van der Waals surface area contributed by atoms with Crippen molar-refractivity contribution in [1.29, 1.82) is 0 Å². The highest BCUT2D eigenvalue weighted by molar-refractivity contribution is 7.13. The molecule has 0 N–H and O–H groups in total. The summed E-state index contributed by atoms with van der Waals surface area (Å²) < 4.78 is 0. The number of nitrogens with zero attached hydrogens (tertiary/aromatic N) is 3. The van der Waals surface area contributed by atoms with Crippen molar-refractivity contribution in [3.05, 3.63) is 52.7 Å². The maximum atomic E-state index is 4.84. The van der Waals surface area contributed by atoms with E-state index in [4.69, 9.17) is 9.97 Å². The van der Waals surface area contributed by atoms with E-state index in [2.05, 4.69) is 22.5 Å². The van der Waals surface area contributed by atoms with Crippen LogP contribution in [0.5, 0.6) is 0 Å². The molecule has 0 aliphatic heterocycles. The van der Waals surface area contributed by atoms with Gasteiger partial charge in [0.25, 0.3) is 0 Å². The molecular weight excluding hydrogens is 278 g/mol. The Bertz CT molecular complexity index is 794. The minimum Gasteiger partial charge on any atom is -0.250 e. The molecule has 0 atom stereocenters. The summed E-state index contributed by atoms with van der Waals surface area (Å²) in [6.45, 7) is 2.00. The van der Waals surface area contributed by atoms with Crippen molar-refractivity contribution in [2.24, 2.45) is 0 Å². The monoisotopic (exact) mass is 293 g/mol. The standard InChI is InChI=1S/C17H15N3S/c1-11-5-2-8-14(18-11)17-19-13-7-3-6-12(13)16(20-17)15-9-4-10-21-15/h2,4-5,8-10H,3,6-7H2,1H3. The van der Waals surface area contributed by atoms with E-state index in [1.165, 1.54) is 22.6 Å². The van der Waals surface area contributed by atoms with Crippen LogP contribution < -0.4 is 0 Å². The molecule has 21 heavy (non-hydrogen) atoms. The first-order valence-corrected chi connectivity index (χ1v) is 8.07. The number of aryl methyl sites for hydroxylation is 2. The lowest BCUT2D eigenvalue weighted by Crippen LogP contribution is -2.01. The number of hydrogen-bond donors (Lipinski definition) is 0. The third kappa shape index (κ3) is 2.25. The molecule has 0 radical (unpaired) electrons. The number of aromatic nitrogens is 3. The first-order valence-electron chi connectivity index (χ1n) is 7.19. The van der Waals surface area contributed by atoms with Crippen LogP contribution in [0.25, 0.3) is 22.1 Å². The second-order valence-electron chi connectivity index (χ2n) is 5.32. The maximum absolute atomic E-state index is 4.84. The number of thiophene rings is 1. The summed E-state index contributed by atoms with van der Waals surface area (Å²) >= 11 is 1.74. The van der Waals surface area contributed by atoms with Crippen molar-refractivity contribution < 1.29 is 0 Å². The van der Waals surface area contributed by atoms with Gasteiger partial charge in [-0.05, 0) is 49.8 Å². The van der Waals surface area contributed by atoms with E-state index in [9.17, 15) is 0 Å². The lowest BCUT2D eigenvalue weighted by atomic mass is 10.1.